The van der Waals surface area contributed by atoms with Gasteiger partial charge in [0.1, 0.15) is 0 Å². The van der Waals surface area contributed by atoms with E-state index in [1.54, 1.807) is 4.70 Å². The van der Waals surface area contributed by atoms with Crippen molar-refractivity contribution in [2.24, 2.45) is 0 Å². The first-order chi connectivity index (χ1) is 43.4. The normalized spacial score (nSPS) is 12.6. The summed E-state index contributed by atoms with van der Waals surface area (Å²) in [6.45, 7) is 18.4. The predicted molar refractivity (Wildman–Crippen MR) is 394 cm³/mol. The Labute approximate surface area is 558 Å². The Morgan fingerprint density at radius 3 is 0.659 bits per heavy atom. The fourth-order valence-electron chi connectivity index (χ4n) is 13.5. The summed E-state index contributed by atoms with van der Waals surface area (Å²) in [5, 5.41) is 2.87. The van der Waals surface area contributed by atoms with Gasteiger partial charge in [-0.1, -0.05) is 228 Å². The van der Waals surface area contributed by atoms with Crippen LogP contribution in [-0.4, -0.2) is 4.70 Å². The first-order valence-electron chi connectivity index (χ1n) is 40.1. The van der Waals surface area contributed by atoms with Gasteiger partial charge in [-0.2, -0.15) is 0 Å². The quantitative estimate of drug-likeness (QED) is 0.0358. The molecule has 0 aromatic heterocycles. The van der Waals surface area contributed by atoms with Gasteiger partial charge in [0, 0.05) is 22.3 Å². The van der Waals surface area contributed by atoms with Crippen molar-refractivity contribution >= 4 is 11.4 Å². The van der Waals surface area contributed by atoms with E-state index in [0.717, 1.165) is 49.9 Å². The Morgan fingerprint density at radius 1 is 0.227 bits per heavy atom. The van der Waals surface area contributed by atoms with Gasteiger partial charge >= 0.3 is 166 Å². The topological polar surface area (TPSA) is 25.3 Å². The maximum absolute atomic E-state index is 12.4. The average Bonchev–Trinajstić information content (AvgIpc) is 1.99. The fourth-order valence-corrected chi connectivity index (χ4v) is 14.8. The van der Waals surface area contributed by atoms with Crippen molar-refractivity contribution in [1.29, 1.82) is 0 Å². The summed E-state index contributed by atoms with van der Waals surface area (Å²) in [6, 6.07) is 14.5. The smallest absolute Gasteiger partial charge is 0.0654 e. The van der Waals surface area contributed by atoms with E-state index < -0.39 is 0 Å². The summed E-state index contributed by atoms with van der Waals surface area (Å²) in [4.78, 5) is 0. The zero-order chi connectivity index (χ0) is 63.4. The first-order valence-corrected chi connectivity index (χ1v) is 41.5. The van der Waals surface area contributed by atoms with E-state index in [2.05, 4.69) is 91.8 Å². The van der Waals surface area contributed by atoms with E-state index in [1.165, 1.54) is 396 Å². The van der Waals surface area contributed by atoms with Gasteiger partial charge in [0.2, 0.25) is 11.4 Å². The number of nitrogens with zero attached hydrogens (tertiary/aromatic N) is 2. The summed E-state index contributed by atoms with van der Waals surface area (Å²) in [6.07, 6.45) is 80.9. The molecular formula is C85H152N2Ni. The molecule has 0 bridgehead atoms. The summed E-state index contributed by atoms with van der Waals surface area (Å²) < 4.78 is 1.65. The van der Waals surface area contributed by atoms with Crippen LogP contribution in [0.15, 0.2) is 47.5 Å². The average molecular weight is 1260 g/mol. The third-order valence-electron chi connectivity index (χ3n) is 19.3. The number of unbranched alkanes of at least 4 members (excludes halogenated alkanes) is 45. The minimum atomic E-state index is 1.04. The molecule has 0 fully saturated rings. The van der Waals surface area contributed by atoms with Crippen LogP contribution in [0.25, 0.3) is 16.9 Å². The molecule has 3 rings (SSSR count). The zero-order valence-corrected chi connectivity index (χ0v) is 61.8. The zero-order valence-electron chi connectivity index (χ0n) is 60.8. The molecule has 1 aliphatic rings. The molecule has 2 nitrogen and oxygen atoms in total. The summed E-state index contributed by atoms with van der Waals surface area (Å²) in [7, 11) is 0. The molecule has 0 saturated carbocycles. The van der Waals surface area contributed by atoms with Crippen LogP contribution in [0.2, 0.25) is 10.8 Å². The van der Waals surface area contributed by atoms with Gasteiger partial charge < -0.3 is 5.53 Å². The van der Waals surface area contributed by atoms with E-state index >= 15 is 0 Å². The molecule has 88 heavy (non-hydrogen) atoms. The molecule has 0 unspecified atom stereocenters. The van der Waals surface area contributed by atoms with Gasteiger partial charge in [-0.05, 0) is 124 Å². The molecule has 1 aliphatic heterocycles. The van der Waals surface area contributed by atoms with E-state index in [-0.39, 0.29) is 0 Å². The molecule has 0 N–H and O–H groups in total. The predicted octanol–water partition coefficient (Wildman–Crippen LogP) is 30.5. The molecule has 2 aromatic rings. The van der Waals surface area contributed by atoms with E-state index in [1.807, 2.05) is 14.4 Å². The van der Waals surface area contributed by atoms with Crippen LogP contribution in [0.1, 0.15) is 442 Å². The fraction of sp³-hybridized carbons (Fsp3) is 0.812. The number of rotatable bonds is 63. The van der Waals surface area contributed by atoms with Gasteiger partial charge in [-0.25, -0.2) is 4.70 Å². The van der Waals surface area contributed by atoms with Crippen molar-refractivity contribution in [2.45, 2.75) is 445 Å². The number of aryl methyl sites for hydroxylation is 4. The van der Waals surface area contributed by atoms with Crippen molar-refractivity contribution in [2.75, 3.05) is 0 Å². The number of hydrogen-bond acceptors (Lipinski definition) is 0. The van der Waals surface area contributed by atoms with Crippen molar-refractivity contribution < 1.29 is 19.1 Å². The van der Waals surface area contributed by atoms with Crippen molar-refractivity contribution in [3.63, 3.8) is 0 Å². The molecule has 1 heterocycles. The maximum atomic E-state index is 12.4. The van der Waals surface area contributed by atoms with Crippen LogP contribution in [0.5, 0.6) is 0 Å². The number of benzene rings is 2. The summed E-state index contributed by atoms with van der Waals surface area (Å²) in [5.41, 5.74) is 25.5. The number of hydrogen-bond donors (Lipinski definition) is 0. The van der Waals surface area contributed by atoms with Crippen LogP contribution < -0.4 is 0 Å². The Balaban J connectivity index is 0.000000601. The monoisotopic (exact) mass is 1260 g/mol. The summed E-state index contributed by atoms with van der Waals surface area (Å²) in [5.74, 6) is 0. The second-order valence-corrected chi connectivity index (χ2v) is 29.4. The van der Waals surface area contributed by atoms with Crippen molar-refractivity contribution in [3.8, 4) is 0 Å². The van der Waals surface area contributed by atoms with E-state index in [0.29, 0.717) is 0 Å². The molecule has 0 saturated heterocycles. The van der Waals surface area contributed by atoms with Crippen molar-refractivity contribution in [3.05, 3.63) is 86.5 Å². The molecule has 0 atom stereocenters. The standard InChI is InChI=1S/C43H66N2.2C21H43.Ni/c1-7-13-19-21-27-41-40(26-20-14-8-2)42(38-30-34(22-15-9-3)28-35(31-38)23-16-10-4)45(44)43(41)39-32-36(24-17-11-5)29-37(33-39)25-18-12-6;2*1-3-5-7-9-11-13-15-17-19-21-20-18-16-14-12-10-8-6-4-2;/h28-33H,7-27H2,1-6H3;2*1,3-21H2,2H3;. The van der Waals surface area contributed by atoms with Gasteiger partial charge in [0.25, 0.3) is 0 Å². The SMILES string of the molecule is CCCCCCC1=C(c2cc(CCCC)cc(CCCC)c2)[N+](=[N-])C(c2cc(CCCC)cc(CCCC)c2)=C1CCCCC.CCCCCCCCCCCCCCCCCCCC[CH2][Ni][CH2]CCCCCCCCCCCCCCCCCCCC. The molecule has 3 heteroatoms. The van der Waals surface area contributed by atoms with Gasteiger partial charge in [0.05, 0.1) is 0 Å². The molecule has 0 aliphatic carbocycles. The van der Waals surface area contributed by atoms with E-state index in [9.17, 15) is 5.53 Å². The van der Waals surface area contributed by atoms with Crippen molar-refractivity contribution in [1.82, 2.24) is 0 Å². The molecule has 0 radical (unpaired) electrons. The molecule has 512 valence electrons. The Hall–Kier alpha value is -1.99. The Bertz CT molecular complexity index is 1860. The van der Waals surface area contributed by atoms with Gasteiger partial charge in [-0.15, -0.1) is 0 Å². The van der Waals surface area contributed by atoms with Crippen LogP contribution in [0.4, 0.5) is 0 Å². The Morgan fingerprint density at radius 2 is 0.420 bits per heavy atom. The van der Waals surface area contributed by atoms with Gasteiger partial charge in [-0.3, -0.25) is 0 Å². The second-order valence-electron chi connectivity index (χ2n) is 27.9. The van der Waals surface area contributed by atoms with Crippen LogP contribution in [0.3, 0.4) is 0 Å². The second kappa shape index (κ2) is 61.2. The van der Waals surface area contributed by atoms with Crippen LogP contribution >= 0.6 is 0 Å². The van der Waals surface area contributed by atoms with Gasteiger partial charge in [0.15, 0.2) is 0 Å². The third kappa shape index (κ3) is 42.3. The third-order valence-corrected chi connectivity index (χ3v) is 20.6. The minimum Gasteiger partial charge on any atom is -0.0654 e. The molecule has 2 aromatic carbocycles. The molecule has 0 spiro atoms. The Kier molecular flexibility index (Phi) is 57.1. The van der Waals surface area contributed by atoms with Crippen LogP contribution in [0, 0.1) is 0 Å². The van der Waals surface area contributed by atoms with E-state index in [4.69, 9.17) is 0 Å². The first kappa shape index (κ1) is 82.1. The summed E-state index contributed by atoms with van der Waals surface area (Å²) >= 11 is 2.05. The number of allylic oxidation sites excluding steroid dienone is 2. The molecule has 0 amide bonds. The minimum absolute atomic E-state index is 1.04. The molecular weight excluding hydrogens is 1110 g/mol. The van der Waals surface area contributed by atoms with Crippen LogP contribution in [-0.2, 0) is 40.1 Å².